The number of hydrogen-bond acceptors (Lipinski definition) is 9. The number of rotatable bonds is 8. The van der Waals surface area contributed by atoms with Crippen molar-refractivity contribution in [2.24, 2.45) is 4.99 Å². The summed E-state index contributed by atoms with van der Waals surface area (Å²) in [5.74, 6) is -1.04. The van der Waals surface area contributed by atoms with Crippen LogP contribution < -0.4 is 5.32 Å². The Morgan fingerprint density at radius 1 is 0.938 bits per heavy atom. The normalized spacial score (nSPS) is 11.9. The van der Waals surface area contributed by atoms with Crippen LogP contribution in [0.2, 0.25) is 0 Å². The Morgan fingerprint density at radius 2 is 1.59 bits per heavy atom. The van der Waals surface area contributed by atoms with E-state index in [0.29, 0.717) is 19.6 Å². The summed E-state index contributed by atoms with van der Waals surface area (Å²) in [7, 11) is 7.66. The van der Waals surface area contributed by atoms with Crippen LogP contribution in [0.25, 0.3) is 22.1 Å². The zero-order valence-electron chi connectivity index (χ0n) is 18.6. The molecule has 0 saturated carbocycles. The number of phenolic OH excluding ortho intramolecular Hbond substituents is 3. The third kappa shape index (κ3) is 5.04. The molecule has 10 heteroatoms. The van der Waals surface area contributed by atoms with Crippen molar-refractivity contribution in [3.05, 3.63) is 29.3 Å². The molecule has 32 heavy (non-hydrogen) atoms. The van der Waals surface area contributed by atoms with Crippen molar-refractivity contribution in [2.75, 3.05) is 54.4 Å². The van der Waals surface area contributed by atoms with Gasteiger partial charge in [-0.25, -0.2) is 9.97 Å². The number of carbonyl (C=O) groups is 1. The summed E-state index contributed by atoms with van der Waals surface area (Å²) in [5.41, 5.74) is 0.995. The average molecular weight is 441 g/mol. The van der Waals surface area contributed by atoms with Crippen LogP contribution in [0.3, 0.4) is 0 Å². The molecule has 3 aromatic rings. The molecule has 0 aliphatic rings. The number of fused-ring (bicyclic) bond motifs is 2. The fourth-order valence-electron chi connectivity index (χ4n) is 3.10. The second-order valence-corrected chi connectivity index (χ2v) is 7.98. The Morgan fingerprint density at radius 3 is 2.28 bits per heavy atom. The lowest BCUT2D eigenvalue weighted by Gasteiger charge is -2.13. The number of nitrogens with zero attached hydrogens (tertiary/aromatic N) is 5. The second-order valence-electron chi connectivity index (χ2n) is 7.98. The van der Waals surface area contributed by atoms with E-state index in [1.807, 2.05) is 38.0 Å². The van der Waals surface area contributed by atoms with E-state index in [1.165, 1.54) is 18.3 Å². The highest BCUT2D eigenvalue weighted by Gasteiger charge is 2.19. The largest absolute Gasteiger partial charge is 0.507 e. The molecule has 4 N–H and O–H groups in total. The molecule has 0 unspecified atom stereocenters. The first-order valence-corrected chi connectivity index (χ1v) is 10.1. The summed E-state index contributed by atoms with van der Waals surface area (Å²) >= 11 is 0. The Hall–Kier alpha value is -3.50. The van der Waals surface area contributed by atoms with E-state index in [4.69, 9.17) is 0 Å². The van der Waals surface area contributed by atoms with Gasteiger partial charge in [-0.05, 0) is 40.3 Å². The Labute approximate surface area is 185 Å². The van der Waals surface area contributed by atoms with Crippen molar-refractivity contribution in [1.29, 1.82) is 0 Å². The first kappa shape index (κ1) is 23.2. The molecule has 0 bridgehead atoms. The van der Waals surface area contributed by atoms with E-state index in [1.54, 1.807) is 0 Å². The Bertz CT molecular complexity index is 1180. The lowest BCUT2D eigenvalue weighted by atomic mass is 10.1. The number of nitrogens with one attached hydrogen (secondary N) is 1. The van der Waals surface area contributed by atoms with Crippen molar-refractivity contribution in [2.45, 2.75) is 0 Å². The zero-order chi connectivity index (χ0) is 23.4. The molecular formula is C22H28N6O4. The van der Waals surface area contributed by atoms with E-state index in [2.05, 4.69) is 20.3 Å². The summed E-state index contributed by atoms with van der Waals surface area (Å²) in [5, 5.41) is 34.0. The number of likely N-dealkylation sites (N-methyl/N-ethyl adjacent to an activating group) is 2. The van der Waals surface area contributed by atoms with Crippen LogP contribution >= 0.6 is 0 Å². The lowest BCUT2D eigenvalue weighted by molar-refractivity contribution is 0.0952. The maximum atomic E-state index is 12.7. The predicted octanol–water partition coefficient (Wildman–Crippen LogP) is 1.17. The number of aliphatic imine (C=N–C) groups is 1. The first-order valence-electron chi connectivity index (χ1n) is 10.1. The molecule has 0 fully saturated rings. The van der Waals surface area contributed by atoms with E-state index >= 15 is 0 Å². The van der Waals surface area contributed by atoms with Crippen LogP contribution in [0, 0.1) is 0 Å². The molecule has 1 amide bonds. The minimum absolute atomic E-state index is 0.0886. The summed E-state index contributed by atoms with van der Waals surface area (Å²) in [6.07, 6.45) is 1.47. The Balaban J connectivity index is 2.11. The van der Waals surface area contributed by atoms with Crippen molar-refractivity contribution in [1.82, 2.24) is 25.1 Å². The molecule has 10 nitrogen and oxygen atoms in total. The number of benzene rings is 2. The van der Waals surface area contributed by atoms with Gasteiger partial charge in [0.15, 0.2) is 0 Å². The molecule has 0 aliphatic heterocycles. The third-order valence-electron chi connectivity index (χ3n) is 4.83. The van der Waals surface area contributed by atoms with Crippen LogP contribution in [0.1, 0.15) is 15.9 Å². The number of hydrogen-bond donors (Lipinski definition) is 4. The van der Waals surface area contributed by atoms with Crippen molar-refractivity contribution in [3.8, 4) is 17.2 Å². The predicted molar refractivity (Wildman–Crippen MR) is 124 cm³/mol. The first-order chi connectivity index (χ1) is 15.2. The smallest absolute Gasteiger partial charge is 0.253 e. The SMILES string of the molecule is CN(C)CC/N=C/c1c(O)cc(O)c2nc3c(C(=O)NCCN(C)C)ccc(O)c3nc12. The van der Waals surface area contributed by atoms with Crippen LogP contribution in [0.4, 0.5) is 0 Å². The molecule has 1 aromatic heterocycles. The van der Waals surface area contributed by atoms with Gasteiger partial charge in [-0.3, -0.25) is 9.79 Å². The van der Waals surface area contributed by atoms with Gasteiger partial charge >= 0.3 is 0 Å². The van der Waals surface area contributed by atoms with Gasteiger partial charge in [-0.15, -0.1) is 0 Å². The van der Waals surface area contributed by atoms with E-state index in [-0.39, 0.29) is 56.3 Å². The van der Waals surface area contributed by atoms with Crippen molar-refractivity contribution >= 4 is 34.2 Å². The van der Waals surface area contributed by atoms with Gasteiger partial charge in [0.1, 0.15) is 39.3 Å². The average Bonchev–Trinajstić information content (AvgIpc) is 2.72. The van der Waals surface area contributed by atoms with E-state index < -0.39 is 0 Å². The van der Waals surface area contributed by atoms with Crippen LogP contribution in [-0.4, -0.2) is 102 Å². The highest BCUT2D eigenvalue weighted by Crippen LogP contribution is 2.35. The molecule has 0 radical (unpaired) electrons. The second kappa shape index (κ2) is 9.75. The van der Waals surface area contributed by atoms with Gasteiger partial charge in [0, 0.05) is 31.9 Å². The molecule has 2 aromatic carbocycles. The fraction of sp³-hybridized carbons (Fsp3) is 0.364. The summed E-state index contributed by atoms with van der Waals surface area (Å²) in [4.78, 5) is 29.8. The molecule has 0 atom stereocenters. The van der Waals surface area contributed by atoms with Crippen molar-refractivity contribution < 1.29 is 20.1 Å². The van der Waals surface area contributed by atoms with Crippen LogP contribution in [0.5, 0.6) is 17.2 Å². The van der Waals surface area contributed by atoms with E-state index in [9.17, 15) is 20.1 Å². The number of aromatic hydroxyl groups is 3. The van der Waals surface area contributed by atoms with Gasteiger partial charge in [-0.2, -0.15) is 0 Å². The van der Waals surface area contributed by atoms with Crippen LogP contribution in [-0.2, 0) is 0 Å². The minimum Gasteiger partial charge on any atom is -0.507 e. The standard InChI is InChI=1S/C22H28N6O4/c1-27(2)9-7-23-12-14-16(30)11-17(31)21-19(14)26-20-15(29)6-5-13(18(20)25-21)22(32)24-8-10-28(3)4/h5-6,11-12,29-31H,7-10H2,1-4H3,(H,24,32)/b23-12+. The maximum absolute atomic E-state index is 12.7. The molecule has 1 heterocycles. The van der Waals surface area contributed by atoms with Gasteiger partial charge in [0.2, 0.25) is 0 Å². The third-order valence-corrected chi connectivity index (χ3v) is 4.83. The highest BCUT2D eigenvalue weighted by molar-refractivity contribution is 6.09. The summed E-state index contributed by atoms with van der Waals surface area (Å²) in [6, 6.07) is 4.00. The van der Waals surface area contributed by atoms with Gasteiger partial charge in [0.05, 0.1) is 17.7 Å². The summed E-state index contributed by atoms with van der Waals surface area (Å²) in [6.45, 7) is 2.31. The number of aromatic nitrogens is 2. The molecular weight excluding hydrogens is 412 g/mol. The van der Waals surface area contributed by atoms with Gasteiger partial charge < -0.3 is 30.4 Å². The number of phenols is 3. The van der Waals surface area contributed by atoms with Crippen molar-refractivity contribution in [3.63, 3.8) is 0 Å². The zero-order valence-corrected chi connectivity index (χ0v) is 18.6. The molecule has 0 saturated heterocycles. The lowest BCUT2D eigenvalue weighted by Crippen LogP contribution is -2.31. The molecule has 170 valence electrons. The summed E-state index contributed by atoms with van der Waals surface area (Å²) < 4.78 is 0. The molecule has 0 aliphatic carbocycles. The number of amides is 1. The topological polar surface area (TPSA) is 134 Å². The maximum Gasteiger partial charge on any atom is 0.253 e. The molecule has 3 rings (SSSR count). The minimum atomic E-state index is -0.366. The Kier molecular flexibility index (Phi) is 7.06. The van der Waals surface area contributed by atoms with E-state index in [0.717, 1.165) is 12.6 Å². The number of carbonyl (C=O) groups excluding carboxylic acids is 1. The van der Waals surface area contributed by atoms with Gasteiger partial charge in [-0.1, -0.05) is 0 Å². The fourth-order valence-corrected chi connectivity index (χ4v) is 3.10. The quantitative estimate of drug-likeness (QED) is 0.303. The van der Waals surface area contributed by atoms with Crippen LogP contribution in [0.15, 0.2) is 23.2 Å². The van der Waals surface area contributed by atoms with Gasteiger partial charge in [0.25, 0.3) is 5.91 Å². The monoisotopic (exact) mass is 440 g/mol. The highest BCUT2D eigenvalue weighted by atomic mass is 16.3. The molecule has 0 spiro atoms.